The van der Waals surface area contributed by atoms with Crippen LogP contribution in [-0.4, -0.2) is 34.7 Å². The van der Waals surface area contributed by atoms with E-state index in [9.17, 15) is 4.79 Å². The van der Waals surface area contributed by atoms with Crippen LogP contribution in [-0.2, 0) is 0 Å². The van der Waals surface area contributed by atoms with Gasteiger partial charge >= 0.3 is 0 Å². The van der Waals surface area contributed by atoms with Crippen LogP contribution in [0.2, 0.25) is 0 Å². The van der Waals surface area contributed by atoms with Gasteiger partial charge in [0.15, 0.2) is 0 Å². The van der Waals surface area contributed by atoms with E-state index in [4.69, 9.17) is 5.41 Å². The molecule has 3 N–H and O–H groups in total. The summed E-state index contributed by atoms with van der Waals surface area (Å²) in [6.07, 6.45) is 5.01. The number of hydrogen-bond donors (Lipinski definition) is 3. The van der Waals surface area contributed by atoms with E-state index in [-0.39, 0.29) is 5.91 Å². The normalized spacial score (nSPS) is 13.8. The van der Waals surface area contributed by atoms with E-state index in [1.807, 2.05) is 71.1 Å². The number of fused-ring (bicyclic) bond motifs is 1. The molecule has 1 aliphatic rings. The molecular formula is C25H22N4OS. The number of hydrogen-bond acceptors (Lipinski definition) is 3. The first-order valence-electron chi connectivity index (χ1n) is 10.2. The summed E-state index contributed by atoms with van der Waals surface area (Å²) in [4.78, 5) is 18.9. The van der Waals surface area contributed by atoms with E-state index in [0.717, 1.165) is 39.0 Å². The maximum atomic E-state index is 12.7. The molecule has 0 radical (unpaired) electrons. The van der Waals surface area contributed by atoms with E-state index in [1.165, 1.54) is 5.57 Å². The van der Waals surface area contributed by atoms with Crippen LogP contribution in [0.15, 0.2) is 78.3 Å². The Morgan fingerprint density at radius 1 is 1.10 bits per heavy atom. The third kappa shape index (κ3) is 3.90. The van der Waals surface area contributed by atoms with Gasteiger partial charge in [-0.05, 0) is 53.8 Å². The van der Waals surface area contributed by atoms with Gasteiger partial charge in [-0.15, -0.1) is 11.3 Å². The molecular weight excluding hydrogens is 404 g/mol. The molecule has 5 nitrogen and oxygen atoms in total. The number of rotatable bonds is 4. The van der Waals surface area contributed by atoms with Crippen molar-refractivity contribution < 1.29 is 4.79 Å². The van der Waals surface area contributed by atoms with E-state index in [0.29, 0.717) is 18.9 Å². The summed E-state index contributed by atoms with van der Waals surface area (Å²) in [7, 11) is 0. The number of thiophene rings is 1. The molecule has 0 unspecified atom stereocenters. The van der Waals surface area contributed by atoms with Gasteiger partial charge in [0.25, 0.3) is 5.91 Å². The minimum absolute atomic E-state index is 0.0772. The van der Waals surface area contributed by atoms with Crippen LogP contribution in [0.1, 0.15) is 27.2 Å². The Labute approximate surface area is 184 Å². The summed E-state index contributed by atoms with van der Waals surface area (Å²) < 4.78 is 0. The molecule has 0 saturated carbocycles. The lowest BCUT2D eigenvalue weighted by Gasteiger charge is -2.26. The molecule has 5 rings (SSSR count). The van der Waals surface area contributed by atoms with Crippen LogP contribution in [0.5, 0.6) is 0 Å². The fourth-order valence-electron chi connectivity index (χ4n) is 3.95. The second-order valence-electron chi connectivity index (χ2n) is 7.54. The smallest absolute Gasteiger partial charge is 0.254 e. The van der Waals surface area contributed by atoms with Gasteiger partial charge in [0.1, 0.15) is 5.84 Å². The number of nitrogens with one attached hydrogen (secondary N) is 3. The third-order valence-corrected chi connectivity index (χ3v) is 6.47. The molecule has 154 valence electrons. The van der Waals surface area contributed by atoms with Crippen LogP contribution < -0.4 is 5.32 Å². The highest BCUT2D eigenvalue weighted by atomic mass is 32.1. The molecule has 2 aromatic heterocycles. The Morgan fingerprint density at radius 3 is 2.71 bits per heavy atom. The van der Waals surface area contributed by atoms with Crippen molar-refractivity contribution in [2.75, 3.05) is 18.4 Å². The predicted octanol–water partition coefficient (Wildman–Crippen LogP) is 5.60. The van der Waals surface area contributed by atoms with Gasteiger partial charge in [0, 0.05) is 47.0 Å². The van der Waals surface area contributed by atoms with Crippen molar-refractivity contribution in [1.82, 2.24) is 9.88 Å². The summed E-state index contributed by atoms with van der Waals surface area (Å²) in [5.74, 6) is 0.479. The Morgan fingerprint density at radius 2 is 1.97 bits per heavy atom. The van der Waals surface area contributed by atoms with E-state index in [1.54, 1.807) is 11.3 Å². The number of nitrogens with zero attached hydrogens (tertiary/aromatic N) is 1. The number of aromatic amines is 1. The lowest BCUT2D eigenvalue weighted by Crippen LogP contribution is -2.34. The zero-order valence-corrected chi connectivity index (χ0v) is 17.7. The van der Waals surface area contributed by atoms with Crippen molar-refractivity contribution in [2.45, 2.75) is 6.42 Å². The second kappa shape index (κ2) is 8.24. The lowest BCUT2D eigenvalue weighted by molar-refractivity contribution is 0.0773. The van der Waals surface area contributed by atoms with E-state index >= 15 is 0 Å². The molecule has 0 atom stereocenters. The molecule has 0 spiro atoms. The highest BCUT2D eigenvalue weighted by Crippen LogP contribution is 2.31. The number of anilines is 1. The maximum absolute atomic E-state index is 12.7. The fraction of sp³-hybridized carbons (Fsp3) is 0.120. The summed E-state index contributed by atoms with van der Waals surface area (Å²) in [5, 5.41) is 14.6. The van der Waals surface area contributed by atoms with Gasteiger partial charge in [-0.1, -0.05) is 30.3 Å². The first-order valence-corrected chi connectivity index (χ1v) is 11.1. The molecule has 0 saturated heterocycles. The Hall–Kier alpha value is -3.64. The van der Waals surface area contributed by atoms with Crippen LogP contribution in [0, 0.1) is 5.41 Å². The molecule has 4 aromatic rings. The Bertz CT molecular complexity index is 1270. The molecule has 3 heterocycles. The number of benzene rings is 2. The number of H-pyrrole nitrogens is 1. The van der Waals surface area contributed by atoms with Crippen molar-refractivity contribution in [1.29, 1.82) is 5.41 Å². The number of amidine groups is 1. The van der Waals surface area contributed by atoms with Crippen molar-refractivity contribution in [2.24, 2.45) is 0 Å². The van der Waals surface area contributed by atoms with E-state index < -0.39 is 0 Å². The second-order valence-corrected chi connectivity index (χ2v) is 8.48. The molecule has 1 aliphatic heterocycles. The first-order chi connectivity index (χ1) is 15.2. The molecule has 31 heavy (non-hydrogen) atoms. The topological polar surface area (TPSA) is 72.0 Å². The summed E-state index contributed by atoms with van der Waals surface area (Å²) in [6.45, 7) is 1.31. The van der Waals surface area contributed by atoms with Crippen LogP contribution in [0.25, 0.3) is 16.5 Å². The Balaban J connectivity index is 1.36. The monoisotopic (exact) mass is 426 g/mol. The highest BCUT2D eigenvalue weighted by molar-refractivity contribution is 7.12. The summed E-state index contributed by atoms with van der Waals surface area (Å²) >= 11 is 1.55. The van der Waals surface area contributed by atoms with E-state index in [2.05, 4.69) is 22.4 Å². The zero-order chi connectivity index (χ0) is 21.2. The number of aromatic nitrogens is 1. The quantitative estimate of drug-likeness (QED) is 0.294. The zero-order valence-electron chi connectivity index (χ0n) is 16.9. The standard InChI is InChI=1S/C25H22N4OS/c26-24(23-7-4-14-31-23)28-19-8-9-22-20(15-19)21(16-27-22)17-10-12-29(13-11-17)25(30)18-5-2-1-3-6-18/h1-10,14-16,27H,11-13H2,(H2,26,28). The minimum Gasteiger partial charge on any atom is -0.361 e. The van der Waals surface area contributed by atoms with Crippen molar-refractivity contribution in [3.63, 3.8) is 0 Å². The van der Waals surface area contributed by atoms with Gasteiger partial charge in [-0.3, -0.25) is 10.2 Å². The summed E-state index contributed by atoms with van der Waals surface area (Å²) in [6, 6.07) is 19.5. The molecule has 1 amide bonds. The lowest BCUT2D eigenvalue weighted by atomic mass is 9.98. The van der Waals surface area contributed by atoms with Crippen LogP contribution in [0.3, 0.4) is 0 Å². The third-order valence-electron chi connectivity index (χ3n) is 5.58. The van der Waals surface area contributed by atoms with Gasteiger partial charge in [0.05, 0.1) is 4.88 Å². The average Bonchev–Trinajstić information content (AvgIpc) is 3.50. The highest BCUT2D eigenvalue weighted by Gasteiger charge is 2.20. The van der Waals surface area contributed by atoms with Gasteiger partial charge < -0.3 is 15.2 Å². The predicted molar refractivity (Wildman–Crippen MR) is 128 cm³/mol. The first kappa shape index (κ1) is 19.3. The molecule has 2 aromatic carbocycles. The molecule has 0 fully saturated rings. The number of carbonyl (C=O) groups is 1. The van der Waals surface area contributed by atoms with Crippen molar-refractivity contribution in [3.8, 4) is 0 Å². The van der Waals surface area contributed by atoms with Crippen molar-refractivity contribution >= 4 is 45.2 Å². The van der Waals surface area contributed by atoms with Gasteiger partial charge in [0.2, 0.25) is 0 Å². The number of amides is 1. The van der Waals surface area contributed by atoms with Gasteiger partial charge in [-0.2, -0.15) is 0 Å². The average molecular weight is 427 g/mol. The maximum Gasteiger partial charge on any atom is 0.254 e. The molecule has 0 aliphatic carbocycles. The largest absolute Gasteiger partial charge is 0.361 e. The fourth-order valence-corrected chi connectivity index (χ4v) is 4.58. The Kier molecular flexibility index (Phi) is 5.14. The molecule has 0 bridgehead atoms. The SMILES string of the molecule is N=C(Nc1ccc2[nH]cc(C3=CCN(C(=O)c4ccccc4)CC3)c2c1)c1cccs1. The number of carbonyl (C=O) groups excluding carboxylic acids is 1. The van der Waals surface area contributed by atoms with Crippen molar-refractivity contribution in [3.05, 3.63) is 94.3 Å². The van der Waals surface area contributed by atoms with Crippen LogP contribution >= 0.6 is 11.3 Å². The van der Waals surface area contributed by atoms with Gasteiger partial charge in [-0.25, -0.2) is 0 Å². The minimum atomic E-state index is 0.0772. The molecule has 6 heteroatoms. The van der Waals surface area contributed by atoms with Crippen LogP contribution in [0.4, 0.5) is 5.69 Å². The summed E-state index contributed by atoms with van der Waals surface area (Å²) in [5.41, 5.74) is 5.09.